The number of nitrogens with zero attached hydrogens (tertiary/aromatic N) is 1. The summed E-state index contributed by atoms with van der Waals surface area (Å²) in [4.78, 5) is 4.50. The third kappa shape index (κ3) is 2.42. The van der Waals surface area contributed by atoms with E-state index in [1.54, 1.807) is 13.5 Å². The van der Waals surface area contributed by atoms with Gasteiger partial charge in [0.25, 0.3) is 0 Å². The number of hydrogen-bond acceptors (Lipinski definition) is 4. The second-order valence-electron chi connectivity index (χ2n) is 7.50. The molecule has 4 saturated carbocycles. The smallest absolute Gasteiger partial charge is 0.181 e. The van der Waals surface area contributed by atoms with Gasteiger partial charge in [0.15, 0.2) is 6.39 Å². The Morgan fingerprint density at radius 1 is 1.24 bits per heavy atom. The first kappa shape index (κ1) is 13.8. The van der Waals surface area contributed by atoms with Crippen LogP contribution in [0.2, 0.25) is 0 Å². The number of nitrogens with one attached hydrogen (secondary N) is 1. The number of aromatic nitrogens is 1. The Kier molecular flexibility index (Phi) is 3.54. The van der Waals surface area contributed by atoms with Crippen LogP contribution in [0, 0.1) is 17.8 Å². The highest BCUT2D eigenvalue weighted by molar-refractivity contribution is 5.24. The summed E-state index contributed by atoms with van der Waals surface area (Å²) in [6.07, 6.45) is 10.1. The van der Waals surface area contributed by atoms with Crippen molar-refractivity contribution in [1.82, 2.24) is 10.3 Å². The Morgan fingerprint density at radius 3 is 2.52 bits per heavy atom. The number of hydrogen-bond donors (Lipinski definition) is 1. The minimum atomic E-state index is 0.309. The third-order valence-corrected chi connectivity index (χ3v) is 5.94. The molecule has 0 unspecified atom stereocenters. The molecule has 1 N–H and O–H groups in total. The number of methoxy groups -OCH3 is 1. The standard InChI is InChI=1S/C17H26N2O2/c1-20-3-2-18-10-15-16(21-11-19-15)17-7-12-4-13(8-17)6-14(5-12)9-17/h11-14,18H,2-10H2,1H3. The van der Waals surface area contributed by atoms with E-state index in [0.29, 0.717) is 5.41 Å². The molecule has 4 aliphatic carbocycles. The predicted octanol–water partition coefficient (Wildman–Crippen LogP) is 2.88. The van der Waals surface area contributed by atoms with Crippen LogP contribution in [0.5, 0.6) is 0 Å². The van der Waals surface area contributed by atoms with Crippen molar-refractivity contribution in [1.29, 1.82) is 0 Å². The van der Waals surface area contributed by atoms with E-state index in [2.05, 4.69) is 10.3 Å². The summed E-state index contributed by atoms with van der Waals surface area (Å²) in [6, 6.07) is 0. The van der Waals surface area contributed by atoms with Gasteiger partial charge in [-0.2, -0.15) is 0 Å². The summed E-state index contributed by atoms with van der Waals surface area (Å²) in [5, 5.41) is 3.41. The molecule has 4 aliphatic rings. The normalized spacial score (nSPS) is 37.3. The maximum absolute atomic E-state index is 5.92. The van der Waals surface area contributed by atoms with E-state index >= 15 is 0 Å². The maximum Gasteiger partial charge on any atom is 0.181 e. The molecule has 0 aromatic carbocycles. The van der Waals surface area contributed by atoms with Gasteiger partial charge in [0.05, 0.1) is 12.3 Å². The monoisotopic (exact) mass is 290 g/mol. The van der Waals surface area contributed by atoms with Crippen LogP contribution in [-0.2, 0) is 16.7 Å². The molecular formula is C17H26N2O2. The van der Waals surface area contributed by atoms with Crippen LogP contribution < -0.4 is 5.32 Å². The molecule has 0 aliphatic heterocycles. The van der Waals surface area contributed by atoms with Crippen LogP contribution in [0.1, 0.15) is 50.0 Å². The molecule has 0 atom stereocenters. The summed E-state index contributed by atoms with van der Waals surface area (Å²) >= 11 is 0. The molecule has 4 heteroatoms. The van der Waals surface area contributed by atoms with E-state index in [9.17, 15) is 0 Å². The van der Waals surface area contributed by atoms with Gasteiger partial charge < -0.3 is 14.5 Å². The van der Waals surface area contributed by atoms with Crippen LogP contribution >= 0.6 is 0 Å². The van der Waals surface area contributed by atoms with E-state index in [1.165, 1.54) is 44.3 Å². The lowest BCUT2D eigenvalue weighted by Crippen LogP contribution is -2.48. The van der Waals surface area contributed by atoms with E-state index in [0.717, 1.165) is 43.1 Å². The zero-order chi connectivity index (χ0) is 14.3. The molecule has 1 heterocycles. The number of rotatable bonds is 6. The second kappa shape index (κ2) is 5.40. The van der Waals surface area contributed by atoms with Crippen LogP contribution in [0.15, 0.2) is 10.8 Å². The van der Waals surface area contributed by atoms with Crippen molar-refractivity contribution in [3.8, 4) is 0 Å². The van der Waals surface area contributed by atoms with Gasteiger partial charge in [-0.3, -0.25) is 0 Å². The SMILES string of the molecule is COCCNCc1ncoc1C12CC3CC(CC(C3)C1)C2. The first-order chi connectivity index (χ1) is 10.3. The molecule has 4 bridgehead atoms. The fourth-order valence-corrected chi connectivity index (χ4v) is 5.60. The largest absolute Gasteiger partial charge is 0.448 e. The Hall–Kier alpha value is -0.870. The Morgan fingerprint density at radius 2 is 1.90 bits per heavy atom. The lowest BCUT2D eigenvalue weighted by molar-refractivity contribution is -0.0157. The molecule has 1 aromatic rings. The highest BCUT2D eigenvalue weighted by Crippen LogP contribution is 2.61. The zero-order valence-corrected chi connectivity index (χ0v) is 12.9. The van der Waals surface area contributed by atoms with E-state index in [4.69, 9.17) is 9.15 Å². The quantitative estimate of drug-likeness (QED) is 0.818. The summed E-state index contributed by atoms with van der Waals surface area (Å²) < 4.78 is 11.0. The van der Waals surface area contributed by atoms with E-state index in [-0.39, 0.29) is 0 Å². The third-order valence-electron chi connectivity index (χ3n) is 5.94. The number of ether oxygens (including phenoxy) is 1. The molecule has 116 valence electrons. The van der Waals surface area contributed by atoms with Crippen molar-refractivity contribution in [2.45, 2.75) is 50.5 Å². The van der Waals surface area contributed by atoms with Gasteiger partial charge in [0.1, 0.15) is 5.76 Å². The van der Waals surface area contributed by atoms with E-state index in [1.807, 2.05) is 0 Å². The van der Waals surface area contributed by atoms with Gasteiger partial charge in [0.2, 0.25) is 0 Å². The lowest BCUT2D eigenvalue weighted by atomic mass is 9.49. The van der Waals surface area contributed by atoms with Crippen LogP contribution in [0.25, 0.3) is 0 Å². The molecule has 0 amide bonds. The van der Waals surface area contributed by atoms with Gasteiger partial charge in [-0.15, -0.1) is 0 Å². The first-order valence-electron chi connectivity index (χ1n) is 8.41. The summed E-state index contributed by atoms with van der Waals surface area (Å²) in [7, 11) is 1.73. The second-order valence-corrected chi connectivity index (χ2v) is 7.50. The molecule has 4 fully saturated rings. The summed E-state index contributed by atoms with van der Waals surface area (Å²) in [6.45, 7) is 2.41. The minimum absolute atomic E-state index is 0.309. The minimum Gasteiger partial charge on any atom is -0.448 e. The van der Waals surface area contributed by atoms with Gasteiger partial charge >= 0.3 is 0 Å². The van der Waals surface area contributed by atoms with E-state index < -0.39 is 0 Å². The van der Waals surface area contributed by atoms with Crippen molar-refractivity contribution in [3.05, 3.63) is 17.8 Å². The van der Waals surface area contributed by atoms with Crippen molar-refractivity contribution in [2.75, 3.05) is 20.3 Å². The highest BCUT2D eigenvalue weighted by atomic mass is 16.5. The molecule has 0 saturated heterocycles. The van der Waals surface area contributed by atoms with Crippen molar-refractivity contribution in [2.24, 2.45) is 17.8 Å². The van der Waals surface area contributed by atoms with Crippen molar-refractivity contribution < 1.29 is 9.15 Å². The first-order valence-corrected chi connectivity index (χ1v) is 8.41. The Bertz CT molecular complexity index is 461. The highest BCUT2D eigenvalue weighted by Gasteiger charge is 2.53. The summed E-state index contributed by atoms with van der Waals surface area (Å²) in [5.41, 5.74) is 1.44. The fourth-order valence-electron chi connectivity index (χ4n) is 5.60. The fraction of sp³-hybridized carbons (Fsp3) is 0.824. The average molecular weight is 290 g/mol. The van der Waals surface area contributed by atoms with Crippen molar-refractivity contribution >= 4 is 0 Å². The Labute approximate surface area is 126 Å². The van der Waals surface area contributed by atoms with Gasteiger partial charge in [0, 0.05) is 25.6 Å². The molecule has 5 rings (SSSR count). The zero-order valence-electron chi connectivity index (χ0n) is 12.9. The van der Waals surface area contributed by atoms with Crippen LogP contribution in [0.3, 0.4) is 0 Å². The molecule has 0 spiro atoms. The molecule has 21 heavy (non-hydrogen) atoms. The molecule has 4 nitrogen and oxygen atoms in total. The van der Waals surface area contributed by atoms with Gasteiger partial charge in [-0.05, 0) is 56.3 Å². The summed E-state index contributed by atoms with van der Waals surface area (Å²) in [5.74, 6) is 4.02. The van der Waals surface area contributed by atoms with Crippen LogP contribution in [-0.4, -0.2) is 25.2 Å². The molecule has 0 radical (unpaired) electrons. The topological polar surface area (TPSA) is 47.3 Å². The molecular weight excluding hydrogens is 264 g/mol. The number of oxazole rings is 1. The van der Waals surface area contributed by atoms with Crippen molar-refractivity contribution in [3.63, 3.8) is 0 Å². The maximum atomic E-state index is 5.92. The van der Waals surface area contributed by atoms with Crippen LogP contribution in [0.4, 0.5) is 0 Å². The Balaban J connectivity index is 1.52. The predicted molar refractivity (Wildman–Crippen MR) is 79.9 cm³/mol. The van der Waals surface area contributed by atoms with Gasteiger partial charge in [-0.25, -0.2) is 4.98 Å². The van der Waals surface area contributed by atoms with Gasteiger partial charge in [-0.1, -0.05) is 0 Å². The molecule has 1 aromatic heterocycles. The lowest BCUT2D eigenvalue weighted by Gasteiger charge is -2.56. The average Bonchev–Trinajstić information content (AvgIpc) is 2.91.